The predicted octanol–water partition coefficient (Wildman–Crippen LogP) is 1.54. The molecule has 0 atom stereocenters. The van der Waals surface area contributed by atoms with Gasteiger partial charge in [0.1, 0.15) is 0 Å². The highest BCUT2D eigenvalue weighted by atomic mass is 19.3. The molecule has 3 heteroatoms. The summed E-state index contributed by atoms with van der Waals surface area (Å²) in [7, 11) is 0. The highest BCUT2D eigenvalue weighted by molar-refractivity contribution is 5.02. The summed E-state index contributed by atoms with van der Waals surface area (Å²) in [6, 6.07) is 2.91. The van der Waals surface area contributed by atoms with Gasteiger partial charge in [-0.2, -0.15) is 0 Å². The van der Waals surface area contributed by atoms with Crippen molar-refractivity contribution in [2.24, 2.45) is 0 Å². The molecule has 2 nitrogen and oxygen atoms in total. The summed E-state index contributed by atoms with van der Waals surface area (Å²) in [5.41, 5.74) is 0. The van der Waals surface area contributed by atoms with Crippen molar-refractivity contribution in [1.29, 1.82) is 0 Å². The summed E-state index contributed by atoms with van der Waals surface area (Å²) in [5.74, 6) is -0.111. The molecule has 0 unspecified atom stereocenters. The van der Waals surface area contributed by atoms with Gasteiger partial charge in [0, 0.05) is 10.6 Å². The third-order valence-corrected chi connectivity index (χ3v) is 0.571. The molecule has 0 saturated carbocycles. The predicted molar refractivity (Wildman–Crippen MR) is 20.4 cm³/mol. The third-order valence-electron chi connectivity index (χ3n) is 0.571. The Balaban J connectivity index is 2.76. The Morgan fingerprint density at radius 2 is 2.57 bits per heavy atom. The standard InChI is InChI=1S/C4H3FO2/c5-7-4-2-1-3-6-4/h1-3H. The summed E-state index contributed by atoms with van der Waals surface area (Å²) >= 11 is 0. The van der Waals surface area contributed by atoms with Crippen LogP contribution >= 0.6 is 0 Å². The van der Waals surface area contributed by atoms with Gasteiger partial charge < -0.3 is 4.42 Å². The van der Waals surface area contributed by atoms with E-state index in [0.29, 0.717) is 0 Å². The molecule has 0 saturated heterocycles. The zero-order valence-electron chi connectivity index (χ0n) is 3.43. The van der Waals surface area contributed by atoms with E-state index in [-0.39, 0.29) is 5.95 Å². The van der Waals surface area contributed by atoms with E-state index < -0.39 is 0 Å². The van der Waals surface area contributed by atoms with Gasteiger partial charge in [0.15, 0.2) is 0 Å². The van der Waals surface area contributed by atoms with E-state index in [0.717, 1.165) is 0 Å². The first kappa shape index (κ1) is 4.18. The van der Waals surface area contributed by atoms with Crippen LogP contribution in [0.25, 0.3) is 0 Å². The lowest BCUT2D eigenvalue weighted by molar-refractivity contribution is -0.0322. The molecule has 1 aromatic heterocycles. The normalized spacial score (nSPS) is 8.71. The van der Waals surface area contributed by atoms with Gasteiger partial charge in [0.2, 0.25) is 0 Å². The summed E-state index contributed by atoms with van der Waals surface area (Å²) in [6.07, 6.45) is 1.33. The molecule has 0 aliphatic heterocycles. The van der Waals surface area contributed by atoms with Crippen LogP contribution in [0.4, 0.5) is 4.53 Å². The Kier molecular flexibility index (Phi) is 0.978. The number of rotatable bonds is 1. The molecule has 7 heavy (non-hydrogen) atoms. The Morgan fingerprint density at radius 3 is 2.86 bits per heavy atom. The molecule has 1 rings (SSSR count). The number of furan rings is 1. The van der Waals surface area contributed by atoms with Crippen molar-refractivity contribution in [3.05, 3.63) is 18.4 Å². The molecule has 0 aliphatic carbocycles. The maximum absolute atomic E-state index is 11.0. The average molecular weight is 102 g/mol. The molecule has 0 spiro atoms. The lowest BCUT2D eigenvalue weighted by Crippen LogP contribution is -1.65. The molecule has 0 fully saturated rings. The van der Waals surface area contributed by atoms with Crippen molar-refractivity contribution in [1.82, 2.24) is 0 Å². The van der Waals surface area contributed by atoms with Crippen LogP contribution < -0.4 is 4.94 Å². The van der Waals surface area contributed by atoms with Gasteiger partial charge in [0.25, 0.3) is 0 Å². The second kappa shape index (κ2) is 1.64. The lowest BCUT2D eigenvalue weighted by atomic mass is 10.7. The summed E-state index contributed by atoms with van der Waals surface area (Å²) in [5, 5.41) is 0. The van der Waals surface area contributed by atoms with E-state index in [4.69, 9.17) is 0 Å². The third kappa shape index (κ3) is 0.707. The molecule has 0 aliphatic rings. The maximum atomic E-state index is 11.0. The fraction of sp³-hybridized carbons (Fsp3) is 0. The average Bonchev–Trinajstić information content (AvgIpc) is 2.14. The first-order chi connectivity index (χ1) is 3.43. The molecule has 38 valence electrons. The first-order valence-electron chi connectivity index (χ1n) is 1.75. The highest BCUT2D eigenvalue weighted by Gasteiger charge is 1.89. The van der Waals surface area contributed by atoms with Crippen molar-refractivity contribution in [3.8, 4) is 5.95 Å². The molecule has 0 bridgehead atoms. The van der Waals surface area contributed by atoms with Crippen molar-refractivity contribution >= 4 is 0 Å². The Hall–Kier alpha value is -0.990. The molecule has 0 radical (unpaired) electrons. The molecule has 0 N–H and O–H groups in total. The number of halogens is 1. The van der Waals surface area contributed by atoms with Crippen LogP contribution in [0.15, 0.2) is 22.8 Å². The minimum absolute atomic E-state index is 0.111. The van der Waals surface area contributed by atoms with E-state index in [9.17, 15) is 4.53 Å². The van der Waals surface area contributed by atoms with Crippen molar-refractivity contribution in [2.45, 2.75) is 0 Å². The van der Waals surface area contributed by atoms with E-state index in [1.54, 1.807) is 0 Å². The zero-order valence-corrected chi connectivity index (χ0v) is 3.43. The lowest BCUT2D eigenvalue weighted by Gasteiger charge is -1.77. The van der Waals surface area contributed by atoms with Crippen LogP contribution in [0.5, 0.6) is 5.95 Å². The smallest absolute Gasteiger partial charge is 0.328 e. The molecule has 0 amide bonds. The zero-order chi connectivity index (χ0) is 5.11. The first-order valence-corrected chi connectivity index (χ1v) is 1.75. The topological polar surface area (TPSA) is 22.4 Å². The second-order valence-electron chi connectivity index (χ2n) is 1.01. The molecular weight excluding hydrogens is 99.0 g/mol. The minimum atomic E-state index is -0.111. The van der Waals surface area contributed by atoms with Crippen molar-refractivity contribution < 1.29 is 13.9 Å². The van der Waals surface area contributed by atoms with E-state index >= 15 is 0 Å². The SMILES string of the molecule is FOc1ccco1. The van der Waals surface area contributed by atoms with E-state index in [1.807, 2.05) is 0 Å². The van der Waals surface area contributed by atoms with Gasteiger partial charge in [0.05, 0.1) is 6.26 Å². The Bertz CT molecular complexity index is 124. The van der Waals surface area contributed by atoms with Gasteiger partial charge in [-0.15, -0.1) is 0 Å². The van der Waals surface area contributed by atoms with Gasteiger partial charge in [-0.25, -0.2) is 0 Å². The highest BCUT2D eigenvalue weighted by Crippen LogP contribution is 2.08. The van der Waals surface area contributed by atoms with Crippen molar-refractivity contribution in [3.63, 3.8) is 0 Å². The quantitative estimate of drug-likeness (QED) is 0.536. The van der Waals surface area contributed by atoms with Crippen LogP contribution in [-0.2, 0) is 0 Å². The largest absolute Gasteiger partial charge is 0.432 e. The monoisotopic (exact) mass is 102 g/mol. The Labute approximate surface area is 39.4 Å². The number of hydrogen-bond acceptors (Lipinski definition) is 2. The number of hydrogen-bond donors (Lipinski definition) is 0. The maximum Gasteiger partial charge on any atom is 0.328 e. The fourth-order valence-electron chi connectivity index (χ4n) is 0.307. The fourth-order valence-corrected chi connectivity index (χ4v) is 0.307. The van der Waals surface area contributed by atoms with Crippen LogP contribution in [0.2, 0.25) is 0 Å². The van der Waals surface area contributed by atoms with Crippen LogP contribution in [0.1, 0.15) is 0 Å². The van der Waals surface area contributed by atoms with Crippen LogP contribution in [0, 0.1) is 0 Å². The van der Waals surface area contributed by atoms with Crippen LogP contribution in [0.3, 0.4) is 0 Å². The van der Waals surface area contributed by atoms with Gasteiger partial charge >= 0.3 is 5.95 Å². The molecular formula is C4H3FO2. The molecule has 1 heterocycles. The van der Waals surface area contributed by atoms with Gasteiger partial charge in [-0.1, -0.05) is 0 Å². The van der Waals surface area contributed by atoms with Gasteiger partial charge in [-0.3, -0.25) is 4.94 Å². The van der Waals surface area contributed by atoms with E-state index in [1.165, 1.54) is 18.4 Å². The molecule has 1 aromatic rings. The Morgan fingerprint density at radius 1 is 1.71 bits per heavy atom. The summed E-state index contributed by atoms with van der Waals surface area (Å²) in [6.45, 7) is 0. The minimum Gasteiger partial charge on any atom is -0.432 e. The van der Waals surface area contributed by atoms with Crippen molar-refractivity contribution in [2.75, 3.05) is 0 Å². The summed E-state index contributed by atoms with van der Waals surface area (Å²) < 4.78 is 15.4. The molecule has 0 aromatic carbocycles. The summed E-state index contributed by atoms with van der Waals surface area (Å²) in [4.78, 5) is 3.19. The van der Waals surface area contributed by atoms with E-state index in [2.05, 4.69) is 9.36 Å². The van der Waals surface area contributed by atoms with Gasteiger partial charge in [-0.05, 0) is 6.07 Å². The second-order valence-corrected chi connectivity index (χ2v) is 1.01. The van der Waals surface area contributed by atoms with Crippen LogP contribution in [-0.4, -0.2) is 0 Å².